The summed E-state index contributed by atoms with van der Waals surface area (Å²) in [6.45, 7) is 2.05. The van der Waals surface area contributed by atoms with Crippen molar-refractivity contribution in [1.82, 2.24) is 14.7 Å². The van der Waals surface area contributed by atoms with Gasteiger partial charge in [0.1, 0.15) is 17.1 Å². The Labute approximate surface area is 213 Å². The molecule has 0 aliphatic rings. The second kappa shape index (κ2) is 10.9. The minimum Gasteiger partial charge on any atom is -0.505 e. The molecule has 2 aromatic carbocycles. The number of benzene rings is 2. The number of H-pyrrole nitrogens is 1. The summed E-state index contributed by atoms with van der Waals surface area (Å²) >= 11 is 0. The molecule has 1 amide bonds. The molecule has 2 heterocycles. The van der Waals surface area contributed by atoms with Crippen molar-refractivity contribution in [3.8, 4) is 5.75 Å². The Morgan fingerprint density at radius 1 is 1.05 bits per heavy atom. The van der Waals surface area contributed by atoms with Gasteiger partial charge < -0.3 is 25.1 Å². The fraction of sp³-hybridized carbons (Fsp3) is 0.222. The molecule has 4 N–H and O–H groups in total. The fourth-order valence-electron chi connectivity index (χ4n) is 3.95. The largest absolute Gasteiger partial charge is 0.505 e. The van der Waals surface area contributed by atoms with Gasteiger partial charge in [0.05, 0.1) is 30.1 Å². The van der Waals surface area contributed by atoms with Crippen LogP contribution in [0.25, 0.3) is 0 Å². The van der Waals surface area contributed by atoms with Gasteiger partial charge in [0.15, 0.2) is 5.75 Å². The highest BCUT2D eigenvalue weighted by molar-refractivity contribution is 5.98. The molecule has 0 unspecified atom stereocenters. The molecule has 0 spiro atoms. The average molecular weight is 504 g/mol. The first-order chi connectivity index (χ1) is 17.8. The monoisotopic (exact) mass is 503 g/mol. The van der Waals surface area contributed by atoms with E-state index >= 15 is 0 Å². The normalized spacial score (nSPS) is 11.6. The molecule has 0 aliphatic carbocycles. The van der Waals surface area contributed by atoms with Gasteiger partial charge >= 0.3 is 0 Å². The lowest BCUT2D eigenvalue weighted by atomic mass is 10.1. The van der Waals surface area contributed by atoms with E-state index < -0.39 is 23.1 Å². The van der Waals surface area contributed by atoms with Crippen LogP contribution in [0.4, 0.5) is 17.1 Å². The first-order valence-electron chi connectivity index (χ1n) is 11.8. The van der Waals surface area contributed by atoms with Crippen LogP contribution in [-0.4, -0.2) is 39.8 Å². The summed E-state index contributed by atoms with van der Waals surface area (Å²) in [5, 5.41) is 19.6. The molecular formula is C27H29N5O5. The zero-order valence-electron chi connectivity index (χ0n) is 20.8. The number of carbonyl (C=O) groups is 1. The molecule has 37 heavy (non-hydrogen) atoms. The van der Waals surface area contributed by atoms with Crippen LogP contribution in [0.5, 0.6) is 5.75 Å². The number of aromatic hydroxyl groups is 1. The van der Waals surface area contributed by atoms with Crippen LogP contribution in [-0.2, 0) is 6.54 Å². The number of nitrogens with zero attached hydrogens (tertiary/aromatic N) is 2. The summed E-state index contributed by atoms with van der Waals surface area (Å²) in [7, 11) is 3.14. The maximum absolute atomic E-state index is 13.7. The Bertz CT molecular complexity index is 1490. The number of nitrogens with one attached hydrogen (secondary N) is 3. The van der Waals surface area contributed by atoms with E-state index in [1.807, 2.05) is 37.3 Å². The van der Waals surface area contributed by atoms with E-state index in [0.717, 1.165) is 5.56 Å². The molecule has 0 saturated carbocycles. The SMILES string of the molecule is CC[C@@H](Nc1c(Nc2cccc(C(=O)N(C)C)c2O)c(=O)n(Cc2ccccc2)[nH]c1=O)c1ccco1. The lowest BCUT2D eigenvalue weighted by Gasteiger charge is -2.20. The van der Waals surface area contributed by atoms with Crippen molar-refractivity contribution in [3.63, 3.8) is 0 Å². The van der Waals surface area contributed by atoms with E-state index in [1.54, 1.807) is 32.3 Å². The highest BCUT2D eigenvalue weighted by Crippen LogP contribution is 2.32. The molecule has 0 aliphatic heterocycles. The minimum absolute atomic E-state index is 0.0127. The summed E-state index contributed by atoms with van der Waals surface area (Å²) < 4.78 is 6.71. The second-order valence-electron chi connectivity index (χ2n) is 8.71. The number of hydrogen-bond acceptors (Lipinski definition) is 7. The van der Waals surface area contributed by atoms with Gasteiger partial charge in [-0.2, -0.15) is 0 Å². The third kappa shape index (κ3) is 5.43. The highest BCUT2D eigenvalue weighted by atomic mass is 16.3. The molecule has 10 nitrogen and oxygen atoms in total. The number of anilines is 3. The number of phenolic OH excluding ortho intramolecular Hbond substituents is 1. The van der Waals surface area contributed by atoms with Gasteiger partial charge in [-0.15, -0.1) is 0 Å². The predicted molar refractivity (Wildman–Crippen MR) is 142 cm³/mol. The van der Waals surface area contributed by atoms with Gasteiger partial charge in [-0.25, -0.2) is 4.68 Å². The van der Waals surface area contributed by atoms with Crippen LogP contribution in [0.2, 0.25) is 0 Å². The fourth-order valence-corrected chi connectivity index (χ4v) is 3.95. The summed E-state index contributed by atoms with van der Waals surface area (Å²) in [4.78, 5) is 40.8. The summed E-state index contributed by atoms with van der Waals surface area (Å²) in [6.07, 6.45) is 2.10. The number of furan rings is 1. The number of aromatic nitrogens is 2. The van der Waals surface area contributed by atoms with Gasteiger partial charge in [0, 0.05) is 14.1 Å². The second-order valence-corrected chi connectivity index (χ2v) is 8.71. The van der Waals surface area contributed by atoms with Gasteiger partial charge in [-0.3, -0.25) is 19.5 Å². The number of carbonyl (C=O) groups excluding carboxylic acids is 1. The zero-order chi connectivity index (χ0) is 26.5. The van der Waals surface area contributed by atoms with Crippen molar-refractivity contribution in [3.05, 3.63) is 105 Å². The van der Waals surface area contributed by atoms with Crippen LogP contribution < -0.4 is 21.8 Å². The smallest absolute Gasteiger partial charge is 0.291 e. The van der Waals surface area contributed by atoms with E-state index in [9.17, 15) is 19.5 Å². The highest BCUT2D eigenvalue weighted by Gasteiger charge is 2.23. The Morgan fingerprint density at radius 3 is 2.46 bits per heavy atom. The minimum atomic E-state index is -0.539. The van der Waals surface area contributed by atoms with Gasteiger partial charge in [-0.05, 0) is 36.2 Å². The van der Waals surface area contributed by atoms with E-state index in [4.69, 9.17) is 4.42 Å². The van der Waals surface area contributed by atoms with Crippen molar-refractivity contribution in [1.29, 1.82) is 0 Å². The predicted octanol–water partition coefficient (Wildman–Crippen LogP) is 3.89. The van der Waals surface area contributed by atoms with Crippen molar-refractivity contribution in [2.24, 2.45) is 0 Å². The van der Waals surface area contributed by atoms with E-state index in [-0.39, 0.29) is 34.9 Å². The molecule has 1 atom stereocenters. The lowest BCUT2D eigenvalue weighted by molar-refractivity contribution is 0.0824. The van der Waals surface area contributed by atoms with E-state index in [0.29, 0.717) is 12.2 Å². The Hall–Kier alpha value is -4.73. The topological polar surface area (TPSA) is 133 Å². The van der Waals surface area contributed by atoms with Crippen LogP contribution in [0.15, 0.2) is 80.9 Å². The standard InChI is InChI=1S/C27H29N5O5/c1-4-19(21-14-9-15-37-21)28-22-23(29-20-13-8-12-18(24(20)33)26(35)31(2)3)27(36)32(30-25(22)34)16-17-10-6-5-7-11-17/h5-15,19,28-29,33H,4,16H2,1-3H3,(H,30,34)/t19-/m1/s1. The third-order valence-electron chi connectivity index (χ3n) is 5.90. The maximum Gasteiger partial charge on any atom is 0.291 e. The third-order valence-corrected chi connectivity index (χ3v) is 5.90. The molecule has 0 radical (unpaired) electrons. The van der Waals surface area contributed by atoms with Crippen LogP contribution in [0.3, 0.4) is 0 Å². The number of hydrogen-bond donors (Lipinski definition) is 4. The number of aromatic amines is 1. The number of para-hydroxylation sites is 1. The maximum atomic E-state index is 13.7. The molecule has 10 heteroatoms. The molecule has 4 rings (SSSR count). The Balaban J connectivity index is 1.83. The average Bonchev–Trinajstić information content (AvgIpc) is 3.43. The van der Waals surface area contributed by atoms with Crippen LogP contribution in [0, 0.1) is 0 Å². The quantitative estimate of drug-likeness (QED) is 0.255. The molecule has 0 fully saturated rings. The first-order valence-corrected chi connectivity index (χ1v) is 11.8. The lowest BCUT2D eigenvalue weighted by Crippen LogP contribution is -2.34. The van der Waals surface area contributed by atoms with Crippen molar-refractivity contribution in [2.45, 2.75) is 25.9 Å². The summed E-state index contributed by atoms with van der Waals surface area (Å²) in [5.74, 6) is -0.141. The van der Waals surface area contributed by atoms with Gasteiger partial charge in [-0.1, -0.05) is 43.3 Å². The van der Waals surface area contributed by atoms with Crippen molar-refractivity contribution in [2.75, 3.05) is 24.7 Å². The molecule has 2 aromatic heterocycles. The number of rotatable bonds is 9. The van der Waals surface area contributed by atoms with Crippen molar-refractivity contribution < 1.29 is 14.3 Å². The van der Waals surface area contributed by atoms with Crippen LogP contribution >= 0.6 is 0 Å². The van der Waals surface area contributed by atoms with Gasteiger partial charge in [0.2, 0.25) is 0 Å². The van der Waals surface area contributed by atoms with Crippen molar-refractivity contribution >= 4 is 23.0 Å². The first kappa shape index (κ1) is 25.4. The van der Waals surface area contributed by atoms with Crippen LogP contribution in [0.1, 0.15) is 41.1 Å². The molecule has 0 saturated heterocycles. The number of amides is 1. The molecular weight excluding hydrogens is 474 g/mol. The summed E-state index contributed by atoms with van der Waals surface area (Å²) in [5.41, 5.74) is -0.171. The molecule has 192 valence electrons. The molecule has 0 bridgehead atoms. The summed E-state index contributed by atoms with van der Waals surface area (Å²) in [6, 6.07) is 17.0. The molecule has 4 aromatic rings. The number of phenols is 1. The van der Waals surface area contributed by atoms with E-state index in [1.165, 1.54) is 28.0 Å². The Kier molecular flexibility index (Phi) is 7.47. The van der Waals surface area contributed by atoms with E-state index in [2.05, 4.69) is 15.7 Å². The Morgan fingerprint density at radius 2 is 1.81 bits per heavy atom. The zero-order valence-corrected chi connectivity index (χ0v) is 20.8. The van der Waals surface area contributed by atoms with Gasteiger partial charge in [0.25, 0.3) is 17.0 Å².